The fourth-order valence-electron chi connectivity index (χ4n) is 2.27. The van der Waals surface area contributed by atoms with Crippen LogP contribution < -0.4 is 10.6 Å². The topological polar surface area (TPSA) is 24.1 Å². The van der Waals surface area contributed by atoms with E-state index in [2.05, 4.69) is 28.8 Å². The number of nitrogens with one attached hydrogen (secondary N) is 2. The Morgan fingerprint density at radius 2 is 2.27 bits per heavy atom. The van der Waals surface area contributed by atoms with Crippen LogP contribution in [0, 0.1) is 0 Å². The third-order valence-corrected chi connectivity index (χ3v) is 3.32. The molecule has 0 aromatic heterocycles. The maximum absolute atomic E-state index is 3.58. The third-order valence-electron chi connectivity index (χ3n) is 3.32. The van der Waals surface area contributed by atoms with Crippen molar-refractivity contribution in [3.05, 3.63) is 29.3 Å². The SMILES string of the molecule is c1cc2c(c(CNC3CC3)c1)NCCC2. The van der Waals surface area contributed by atoms with Gasteiger partial charge in [0.25, 0.3) is 0 Å². The van der Waals surface area contributed by atoms with Crippen LogP contribution in [0.3, 0.4) is 0 Å². The molecule has 2 aliphatic rings. The van der Waals surface area contributed by atoms with Gasteiger partial charge in [-0.2, -0.15) is 0 Å². The summed E-state index contributed by atoms with van der Waals surface area (Å²) in [5, 5.41) is 7.12. The first kappa shape index (κ1) is 9.22. The summed E-state index contributed by atoms with van der Waals surface area (Å²) in [5.41, 5.74) is 4.34. The second-order valence-corrected chi connectivity index (χ2v) is 4.64. The highest BCUT2D eigenvalue weighted by atomic mass is 15.0. The Kier molecular flexibility index (Phi) is 2.37. The molecule has 0 spiro atoms. The first-order valence-corrected chi connectivity index (χ1v) is 6.01. The minimum absolute atomic E-state index is 0.796. The molecule has 0 atom stereocenters. The van der Waals surface area contributed by atoms with Gasteiger partial charge in [-0.3, -0.25) is 0 Å². The molecule has 80 valence electrons. The van der Waals surface area contributed by atoms with Crippen molar-refractivity contribution in [1.82, 2.24) is 5.32 Å². The lowest BCUT2D eigenvalue weighted by Gasteiger charge is -2.21. The second kappa shape index (κ2) is 3.86. The van der Waals surface area contributed by atoms with E-state index < -0.39 is 0 Å². The Morgan fingerprint density at radius 3 is 3.13 bits per heavy atom. The molecule has 1 heterocycles. The highest BCUT2D eigenvalue weighted by Crippen LogP contribution is 2.27. The highest BCUT2D eigenvalue weighted by Gasteiger charge is 2.21. The van der Waals surface area contributed by atoms with Crippen LogP contribution in [0.1, 0.15) is 30.4 Å². The molecule has 15 heavy (non-hydrogen) atoms. The van der Waals surface area contributed by atoms with Crippen LogP contribution in [0.4, 0.5) is 5.69 Å². The van der Waals surface area contributed by atoms with Crippen molar-refractivity contribution in [2.45, 2.75) is 38.3 Å². The minimum Gasteiger partial charge on any atom is -0.385 e. The molecule has 1 fully saturated rings. The van der Waals surface area contributed by atoms with Gasteiger partial charge < -0.3 is 10.6 Å². The molecule has 1 aromatic rings. The Hall–Kier alpha value is -1.02. The van der Waals surface area contributed by atoms with Crippen molar-refractivity contribution in [2.24, 2.45) is 0 Å². The van der Waals surface area contributed by atoms with E-state index in [1.165, 1.54) is 42.5 Å². The van der Waals surface area contributed by atoms with Crippen molar-refractivity contribution in [2.75, 3.05) is 11.9 Å². The number of anilines is 1. The maximum Gasteiger partial charge on any atom is 0.0418 e. The summed E-state index contributed by atoms with van der Waals surface area (Å²) in [4.78, 5) is 0. The summed E-state index contributed by atoms with van der Waals surface area (Å²) in [5.74, 6) is 0. The average Bonchev–Trinajstić information content (AvgIpc) is 3.10. The maximum atomic E-state index is 3.58. The van der Waals surface area contributed by atoms with Crippen LogP contribution in [0.2, 0.25) is 0 Å². The fraction of sp³-hybridized carbons (Fsp3) is 0.538. The van der Waals surface area contributed by atoms with E-state index in [9.17, 15) is 0 Å². The van der Waals surface area contributed by atoms with Crippen molar-refractivity contribution in [1.29, 1.82) is 0 Å². The number of hydrogen-bond donors (Lipinski definition) is 2. The summed E-state index contributed by atoms with van der Waals surface area (Å²) in [6.45, 7) is 2.16. The molecular weight excluding hydrogens is 184 g/mol. The van der Waals surface area contributed by atoms with Gasteiger partial charge in [0.2, 0.25) is 0 Å². The second-order valence-electron chi connectivity index (χ2n) is 4.64. The molecule has 1 aliphatic heterocycles. The molecule has 0 amide bonds. The van der Waals surface area contributed by atoms with Gasteiger partial charge in [0.05, 0.1) is 0 Å². The zero-order valence-electron chi connectivity index (χ0n) is 9.05. The molecule has 0 saturated heterocycles. The van der Waals surface area contributed by atoms with E-state index in [0.717, 1.165) is 19.1 Å². The molecule has 0 unspecified atom stereocenters. The van der Waals surface area contributed by atoms with Crippen molar-refractivity contribution < 1.29 is 0 Å². The zero-order chi connectivity index (χ0) is 10.1. The first-order valence-electron chi connectivity index (χ1n) is 6.01. The lowest BCUT2D eigenvalue weighted by Crippen LogP contribution is -2.19. The summed E-state index contributed by atoms with van der Waals surface area (Å²) in [7, 11) is 0. The van der Waals surface area contributed by atoms with E-state index in [1.807, 2.05) is 0 Å². The average molecular weight is 202 g/mol. The molecule has 2 nitrogen and oxygen atoms in total. The number of fused-ring (bicyclic) bond motifs is 1. The quantitative estimate of drug-likeness (QED) is 0.786. The number of para-hydroxylation sites is 1. The predicted molar refractivity (Wildman–Crippen MR) is 63.1 cm³/mol. The van der Waals surface area contributed by atoms with Gasteiger partial charge in [-0.15, -0.1) is 0 Å². The Morgan fingerprint density at radius 1 is 1.33 bits per heavy atom. The smallest absolute Gasteiger partial charge is 0.0418 e. The number of rotatable bonds is 3. The Bertz CT molecular complexity index is 356. The number of aryl methyl sites for hydroxylation is 1. The summed E-state index contributed by atoms with van der Waals surface area (Å²) in [6.07, 6.45) is 5.23. The van der Waals surface area contributed by atoms with Gasteiger partial charge in [0.15, 0.2) is 0 Å². The van der Waals surface area contributed by atoms with Gasteiger partial charge in [-0.05, 0) is 36.8 Å². The first-order chi connectivity index (χ1) is 7.43. The molecule has 2 N–H and O–H groups in total. The Balaban J connectivity index is 1.79. The fourth-order valence-corrected chi connectivity index (χ4v) is 2.27. The largest absolute Gasteiger partial charge is 0.385 e. The lowest BCUT2D eigenvalue weighted by atomic mass is 9.99. The molecule has 0 bridgehead atoms. The summed E-state index contributed by atoms with van der Waals surface area (Å²) < 4.78 is 0. The lowest BCUT2D eigenvalue weighted by molar-refractivity contribution is 0.685. The molecule has 1 aromatic carbocycles. The van der Waals surface area contributed by atoms with Gasteiger partial charge in [0, 0.05) is 24.8 Å². The minimum atomic E-state index is 0.796. The van der Waals surface area contributed by atoms with Crippen LogP contribution in [-0.4, -0.2) is 12.6 Å². The third kappa shape index (κ3) is 2.00. The van der Waals surface area contributed by atoms with Crippen molar-refractivity contribution >= 4 is 5.69 Å². The highest BCUT2D eigenvalue weighted by molar-refractivity contribution is 5.59. The number of hydrogen-bond acceptors (Lipinski definition) is 2. The molecule has 0 radical (unpaired) electrons. The van der Waals surface area contributed by atoms with Gasteiger partial charge >= 0.3 is 0 Å². The van der Waals surface area contributed by atoms with Crippen molar-refractivity contribution in [3.8, 4) is 0 Å². The van der Waals surface area contributed by atoms with Gasteiger partial charge in [-0.25, -0.2) is 0 Å². The molecule has 1 aliphatic carbocycles. The van der Waals surface area contributed by atoms with Crippen LogP contribution in [0.25, 0.3) is 0 Å². The van der Waals surface area contributed by atoms with Crippen LogP contribution in [0.5, 0.6) is 0 Å². The van der Waals surface area contributed by atoms with E-state index >= 15 is 0 Å². The van der Waals surface area contributed by atoms with Gasteiger partial charge in [-0.1, -0.05) is 18.2 Å². The molecule has 1 saturated carbocycles. The van der Waals surface area contributed by atoms with Crippen LogP contribution in [0.15, 0.2) is 18.2 Å². The van der Waals surface area contributed by atoms with E-state index in [-0.39, 0.29) is 0 Å². The normalized spacial score (nSPS) is 19.5. The van der Waals surface area contributed by atoms with E-state index in [4.69, 9.17) is 0 Å². The Labute approximate surface area is 91.1 Å². The molecule has 2 heteroatoms. The number of benzene rings is 1. The summed E-state index contributed by atoms with van der Waals surface area (Å²) in [6, 6.07) is 7.48. The van der Waals surface area contributed by atoms with Gasteiger partial charge in [0.1, 0.15) is 0 Å². The zero-order valence-corrected chi connectivity index (χ0v) is 9.05. The molecule has 3 rings (SSSR count). The predicted octanol–water partition coefficient (Wildman–Crippen LogP) is 2.30. The van der Waals surface area contributed by atoms with Crippen molar-refractivity contribution in [3.63, 3.8) is 0 Å². The standard InChI is InChI=1S/C13H18N2/c1-3-10-5-2-8-14-13(10)11(4-1)9-15-12-6-7-12/h1,3-4,12,14-15H,2,5-9H2. The van der Waals surface area contributed by atoms with Crippen LogP contribution in [-0.2, 0) is 13.0 Å². The summed E-state index contributed by atoms with van der Waals surface area (Å²) >= 11 is 0. The molecular formula is C13H18N2. The van der Waals surface area contributed by atoms with E-state index in [1.54, 1.807) is 0 Å². The van der Waals surface area contributed by atoms with E-state index in [0.29, 0.717) is 0 Å². The van der Waals surface area contributed by atoms with Crippen LogP contribution >= 0.6 is 0 Å². The monoisotopic (exact) mass is 202 g/mol.